The van der Waals surface area contributed by atoms with Gasteiger partial charge in [-0.2, -0.15) is 0 Å². The smallest absolute Gasteiger partial charge is 0.264 e. The van der Waals surface area contributed by atoms with Crippen molar-refractivity contribution in [2.24, 2.45) is 0 Å². The van der Waals surface area contributed by atoms with Crippen LogP contribution >= 0.6 is 0 Å². The highest BCUT2D eigenvalue weighted by molar-refractivity contribution is 5.68. The lowest BCUT2D eigenvalue weighted by atomic mass is 10.0. The van der Waals surface area contributed by atoms with Crippen LogP contribution in [0.1, 0.15) is 31.9 Å². The Balaban J connectivity index is 3.04. The lowest BCUT2D eigenvalue weighted by Crippen LogP contribution is -2.34. The van der Waals surface area contributed by atoms with Crippen molar-refractivity contribution in [3.63, 3.8) is 0 Å². The topological polar surface area (TPSA) is 12.0 Å². The van der Waals surface area contributed by atoms with Gasteiger partial charge in [-0.25, -0.2) is 13.2 Å². The second-order valence-corrected chi connectivity index (χ2v) is 4.75. The zero-order valence-electron chi connectivity index (χ0n) is 11.1. The molecular weight excluding hydrogens is 239 g/mol. The molecule has 1 aromatic rings. The average Bonchev–Trinajstić information content (AvgIpc) is 2.13. The number of benzene rings is 1. The monoisotopic (exact) mass is 257 g/mol. The highest BCUT2D eigenvalue weighted by Gasteiger charge is 2.30. The largest absolute Gasteiger partial charge is 0.377 e. The van der Waals surface area contributed by atoms with Gasteiger partial charge in [-0.1, -0.05) is 6.58 Å². The Labute approximate surface area is 106 Å². The number of halogens is 3. The first-order chi connectivity index (χ1) is 8.12. The minimum atomic E-state index is -2.86. The molecule has 0 aliphatic heterocycles. The fraction of sp³-hybridized carbons (Fsp3) is 0.429. The molecule has 18 heavy (non-hydrogen) atoms. The molecule has 100 valence electrons. The number of anilines is 1. The van der Waals surface area contributed by atoms with Crippen molar-refractivity contribution in [1.82, 2.24) is 0 Å². The Hall–Kier alpha value is -1.45. The first kappa shape index (κ1) is 14.6. The van der Waals surface area contributed by atoms with Crippen molar-refractivity contribution in [1.29, 1.82) is 0 Å². The van der Waals surface area contributed by atoms with E-state index in [-0.39, 0.29) is 0 Å². The first-order valence-electron chi connectivity index (χ1n) is 5.73. The molecule has 0 saturated heterocycles. The van der Waals surface area contributed by atoms with Crippen LogP contribution in [0.4, 0.5) is 18.9 Å². The third kappa shape index (κ3) is 3.28. The molecule has 1 atom stereocenters. The molecule has 1 unspecified atom stereocenters. The third-order valence-corrected chi connectivity index (χ3v) is 2.86. The lowest BCUT2D eigenvalue weighted by Gasteiger charge is -2.22. The van der Waals surface area contributed by atoms with Gasteiger partial charge in [0, 0.05) is 18.2 Å². The molecule has 1 aromatic carbocycles. The fourth-order valence-electron chi connectivity index (χ4n) is 1.74. The number of hydrogen-bond donors (Lipinski definition) is 1. The van der Waals surface area contributed by atoms with Crippen molar-refractivity contribution < 1.29 is 13.2 Å². The predicted molar refractivity (Wildman–Crippen MR) is 69.6 cm³/mol. The molecule has 1 nitrogen and oxygen atoms in total. The summed E-state index contributed by atoms with van der Waals surface area (Å²) in [6, 6.07) is 1.81. The van der Waals surface area contributed by atoms with Gasteiger partial charge < -0.3 is 5.32 Å². The van der Waals surface area contributed by atoms with E-state index >= 15 is 0 Å². The summed E-state index contributed by atoms with van der Waals surface area (Å²) in [7, 11) is 0. The molecule has 0 bridgehead atoms. The van der Waals surface area contributed by atoms with E-state index in [0.29, 0.717) is 22.4 Å². The van der Waals surface area contributed by atoms with E-state index in [2.05, 4.69) is 11.9 Å². The van der Waals surface area contributed by atoms with Crippen LogP contribution in [0.15, 0.2) is 18.7 Å². The van der Waals surface area contributed by atoms with Crippen LogP contribution in [-0.2, 0) is 0 Å². The summed E-state index contributed by atoms with van der Waals surface area (Å²) >= 11 is 0. The van der Waals surface area contributed by atoms with Crippen LogP contribution in [0.3, 0.4) is 0 Å². The van der Waals surface area contributed by atoms with Crippen molar-refractivity contribution in [2.45, 2.75) is 39.7 Å². The van der Waals surface area contributed by atoms with Crippen LogP contribution in [0, 0.1) is 12.7 Å². The van der Waals surface area contributed by atoms with E-state index in [1.54, 1.807) is 19.9 Å². The third-order valence-electron chi connectivity index (χ3n) is 2.86. The number of aryl methyl sites for hydroxylation is 1. The molecule has 0 heterocycles. The number of alkyl halides is 2. The Kier molecular flexibility index (Phi) is 4.09. The summed E-state index contributed by atoms with van der Waals surface area (Å²) in [5, 5.41) is 2.61. The van der Waals surface area contributed by atoms with Gasteiger partial charge in [0.15, 0.2) is 0 Å². The van der Waals surface area contributed by atoms with Gasteiger partial charge in [0.25, 0.3) is 5.92 Å². The van der Waals surface area contributed by atoms with Gasteiger partial charge in [0.1, 0.15) is 5.82 Å². The lowest BCUT2D eigenvalue weighted by molar-refractivity contribution is 0.00699. The quantitative estimate of drug-likeness (QED) is 0.829. The minimum absolute atomic E-state index is 0.351. The Morgan fingerprint density at radius 3 is 2.33 bits per heavy atom. The van der Waals surface area contributed by atoms with E-state index in [1.807, 2.05) is 0 Å². The second kappa shape index (κ2) is 5.04. The van der Waals surface area contributed by atoms with Crippen LogP contribution in [0.2, 0.25) is 0 Å². The summed E-state index contributed by atoms with van der Waals surface area (Å²) in [6.45, 7) is 9.33. The Bertz CT molecular complexity index is 438. The molecule has 1 rings (SSSR count). The number of rotatable bonds is 4. The first-order valence-corrected chi connectivity index (χ1v) is 5.73. The van der Waals surface area contributed by atoms with Crippen LogP contribution < -0.4 is 5.32 Å². The SMILES string of the molecule is C=C(C)c1c(C)cc(NC(C)C(C)(F)F)cc1F. The number of hydrogen-bond acceptors (Lipinski definition) is 1. The van der Waals surface area contributed by atoms with Gasteiger partial charge >= 0.3 is 0 Å². The molecule has 0 aliphatic carbocycles. The Morgan fingerprint density at radius 1 is 1.39 bits per heavy atom. The predicted octanol–water partition coefficient (Wildman–Crippen LogP) is 4.62. The van der Waals surface area contributed by atoms with Gasteiger partial charge in [-0.05, 0) is 44.0 Å². The van der Waals surface area contributed by atoms with E-state index in [1.165, 1.54) is 13.0 Å². The van der Waals surface area contributed by atoms with Gasteiger partial charge in [0.05, 0.1) is 6.04 Å². The molecule has 0 radical (unpaired) electrons. The van der Waals surface area contributed by atoms with Gasteiger partial charge in [-0.3, -0.25) is 0 Å². The number of allylic oxidation sites excluding steroid dienone is 1. The molecule has 0 spiro atoms. The maximum absolute atomic E-state index is 13.8. The molecule has 0 amide bonds. The van der Waals surface area contributed by atoms with Gasteiger partial charge in [0.2, 0.25) is 0 Å². The number of nitrogens with one attached hydrogen (secondary N) is 1. The average molecular weight is 257 g/mol. The molecule has 0 saturated carbocycles. The summed E-state index contributed by atoms with van der Waals surface area (Å²) in [5.41, 5.74) is 2.09. The molecular formula is C14H18F3N. The molecule has 4 heteroatoms. The van der Waals surface area contributed by atoms with E-state index in [9.17, 15) is 13.2 Å². The minimum Gasteiger partial charge on any atom is -0.377 e. The highest BCUT2D eigenvalue weighted by Crippen LogP contribution is 2.27. The molecule has 1 N–H and O–H groups in total. The zero-order chi connectivity index (χ0) is 14.1. The maximum Gasteiger partial charge on any atom is 0.264 e. The van der Waals surface area contributed by atoms with E-state index in [4.69, 9.17) is 0 Å². The second-order valence-electron chi connectivity index (χ2n) is 4.75. The van der Waals surface area contributed by atoms with Gasteiger partial charge in [-0.15, -0.1) is 0 Å². The van der Waals surface area contributed by atoms with E-state index in [0.717, 1.165) is 6.92 Å². The molecule has 0 aromatic heterocycles. The zero-order valence-corrected chi connectivity index (χ0v) is 11.1. The van der Waals surface area contributed by atoms with Crippen molar-refractivity contribution in [2.75, 3.05) is 5.32 Å². The van der Waals surface area contributed by atoms with Crippen LogP contribution in [0.5, 0.6) is 0 Å². The van der Waals surface area contributed by atoms with Crippen molar-refractivity contribution in [3.05, 3.63) is 35.7 Å². The maximum atomic E-state index is 13.8. The van der Waals surface area contributed by atoms with Crippen LogP contribution in [-0.4, -0.2) is 12.0 Å². The normalized spacial score (nSPS) is 13.3. The fourth-order valence-corrected chi connectivity index (χ4v) is 1.74. The van der Waals surface area contributed by atoms with E-state index < -0.39 is 17.8 Å². The standard InChI is InChI=1S/C14H18F3N/c1-8(2)13-9(3)6-11(7-12(13)15)18-10(4)14(5,16)17/h6-7,10,18H,1H2,2-5H3. The summed E-state index contributed by atoms with van der Waals surface area (Å²) in [6.07, 6.45) is 0. The molecule has 0 fully saturated rings. The Morgan fingerprint density at radius 2 is 1.94 bits per heavy atom. The molecule has 0 aliphatic rings. The van der Waals surface area contributed by atoms with Crippen molar-refractivity contribution >= 4 is 11.3 Å². The van der Waals surface area contributed by atoms with Crippen molar-refractivity contribution in [3.8, 4) is 0 Å². The summed E-state index contributed by atoms with van der Waals surface area (Å²) in [5.74, 6) is -3.31. The summed E-state index contributed by atoms with van der Waals surface area (Å²) in [4.78, 5) is 0. The summed E-state index contributed by atoms with van der Waals surface area (Å²) < 4.78 is 39.9. The highest BCUT2D eigenvalue weighted by atomic mass is 19.3. The van der Waals surface area contributed by atoms with Crippen LogP contribution in [0.25, 0.3) is 5.57 Å².